The van der Waals surface area contributed by atoms with Gasteiger partial charge in [0, 0.05) is 0 Å². The fraction of sp³-hybridized carbons (Fsp3) is 0.467. The van der Waals surface area contributed by atoms with Crippen LogP contribution >= 0.6 is 0 Å². The summed E-state index contributed by atoms with van der Waals surface area (Å²) in [5, 5.41) is 0. The molecule has 94 valence electrons. The van der Waals surface area contributed by atoms with Gasteiger partial charge in [-0.3, -0.25) is 0 Å². The Hall–Kier alpha value is -0.863. The van der Waals surface area contributed by atoms with E-state index in [-0.39, 0.29) is 6.10 Å². The van der Waals surface area contributed by atoms with Crippen LogP contribution in [0.15, 0.2) is 36.4 Å². The van der Waals surface area contributed by atoms with Gasteiger partial charge in [-0.1, -0.05) is 56.3 Å². The van der Waals surface area contributed by atoms with Gasteiger partial charge in [-0.15, -0.1) is 0 Å². The summed E-state index contributed by atoms with van der Waals surface area (Å²) >= 11 is 0. The second-order valence-electron chi connectivity index (χ2n) is 5.71. The van der Waals surface area contributed by atoms with Gasteiger partial charge in [0.2, 0.25) is 0 Å². The summed E-state index contributed by atoms with van der Waals surface area (Å²) in [5.41, 5.74) is 1.23. The molecular weight excluding hydrogens is 224 g/mol. The molecule has 0 amide bonds. The van der Waals surface area contributed by atoms with Crippen molar-refractivity contribution in [2.75, 3.05) is 0 Å². The van der Waals surface area contributed by atoms with Crippen LogP contribution in [0.1, 0.15) is 19.4 Å². The molecule has 0 aliphatic carbocycles. The Bertz CT molecular complexity index is 349. The van der Waals surface area contributed by atoms with E-state index >= 15 is 0 Å². The van der Waals surface area contributed by atoms with E-state index in [9.17, 15) is 0 Å². The van der Waals surface area contributed by atoms with Crippen molar-refractivity contribution in [2.45, 2.75) is 39.6 Å². The van der Waals surface area contributed by atoms with Gasteiger partial charge in [-0.05, 0) is 31.1 Å². The molecule has 0 aliphatic heterocycles. The van der Waals surface area contributed by atoms with Crippen molar-refractivity contribution in [2.24, 2.45) is 5.92 Å². The molecule has 1 aromatic rings. The maximum absolute atomic E-state index is 6.17. The van der Waals surface area contributed by atoms with Crippen molar-refractivity contribution < 1.29 is 4.43 Å². The van der Waals surface area contributed by atoms with E-state index in [2.05, 4.69) is 69.9 Å². The zero-order valence-electron chi connectivity index (χ0n) is 11.6. The van der Waals surface area contributed by atoms with Crippen molar-refractivity contribution in [3.05, 3.63) is 42.0 Å². The molecule has 0 bridgehead atoms. The minimum absolute atomic E-state index is 0.224. The van der Waals surface area contributed by atoms with Crippen LogP contribution in [0.25, 0.3) is 6.08 Å². The predicted molar refractivity (Wildman–Crippen MR) is 78.5 cm³/mol. The lowest BCUT2D eigenvalue weighted by Crippen LogP contribution is -2.33. The molecule has 0 N–H and O–H groups in total. The third kappa shape index (κ3) is 5.85. The van der Waals surface area contributed by atoms with E-state index in [0.717, 1.165) is 0 Å². The van der Waals surface area contributed by atoms with Crippen LogP contribution in [0.5, 0.6) is 0 Å². The van der Waals surface area contributed by atoms with Crippen molar-refractivity contribution in [3.8, 4) is 0 Å². The number of rotatable bonds is 5. The summed E-state index contributed by atoms with van der Waals surface area (Å²) in [7, 11) is -1.47. The van der Waals surface area contributed by atoms with Gasteiger partial charge >= 0.3 is 0 Å². The average Bonchev–Trinajstić information content (AvgIpc) is 2.24. The Labute approximate surface area is 107 Å². The molecule has 1 aromatic carbocycles. The first-order valence-corrected chi connectivity index (χ1v) is 9.70. The van der Waals surface area contributed by atoms with Crippen molar-refractivity contribution in [1.29, 1.82) is 0 Å². The lowest BCUT2D eigenvalue weighted by atomic mass is 10.1. The lowest BCUT2D eigenvalue weighted by molar-refractivity contribution is 0.191. The fourth-order valence-electron chi connectivity index (χ4n) is 1.58. The lowest BCUT2D eigenvalue weighted by Gasteiger charge is -2.27. The molecule has 0 spiro atoms. The fourth-order valence-corrected chi connectivity index (χ4v) is 2.74. The molecule has 0 aliphatic rings. The van der Waals surface area contributed by atoms with Gasteiger partial charge in [0.05, 0.1) is 6.10 Å². The Morgan fingerprint density at radius 3 is 2.12 bits per heavy atom. The smallest absolute Gasteiger partial charge is 0.184 e. The van der Waals surface area contributed by atoms with Crippen LogP contribution in [0.3, 0.4) is 0 Å². The second-order valence-corrected chi connectivity index (χ2v) is 10.2. The van der Waals surface area contributed by atoms with Gasteiger partial charge in [0.25, 0.3) is 0 Å². The maximum Gasteiger partial charge on any atom is 0.184 e. The molecule has 0 radical (unpaired) electrons. The number of hydrogen-bond donors (Lipinski definition) is 0. The Morgan fingerprint density at radius 1 is 1.06 bits per heavy atom. The molecule has 1 rings (SSSR count). The third-order valence-electron chi connectivity index (χ3n) is 2.42. The van der Waals surface area contributed by atoms with Crippen molar-refractivity contribution in [3.63, 3.8) is 0 Å². The van der Waals surface area contributed by atoms with Gasteiger partial charge in [-0.2, -0.15) is 0 Å². The molecule has 0 fully saturated rings. The first-order valence-electron chi connectivity index (χ1n) is 6.29. The van der Waals surface area contributed by atoms with Crippen molar-refractivity contribution in [1.82, 2.24) is 0 Å². The largest absolute Gasteiger partial charge is 0.411 e. The minimum atomic E-state index is -1.47. The highest BCUT2D eigenvalue weighted by Gasteiger charge is 2.21. The Kier molecular flexibility index (Phi) is 5.16. The van der Waals surface area contributed by atoms with E-state index in [1.54, 1.807) is 0 Å². The van der Waals surface area contributed by atoms with Crippen LogP contribution in [-0.4, -0.2) is 14.4 Å². The highest BCUT2D eigenvalue weighted by Crippen LogP contribution is 2.16. The Balaban J connectivity index is 2.71. The maximum atomic E-state index is 6.17. The normalized spacial score (nSPS) is 14.5. The van der Waals surface area contributed by atoms with E-state index < -0.39 is 8.32 Å². The van der Waals surface area contributed by atoms with Crippen LogP contribution in [0.2, 0.25) is 19.6 Å². The van der Waals surface area contributed by atoms with Gasteiger partial charge in [0.1, 0.15) is 0 Å². The zero-order chi connectivity index (χ0) is 12.9. The SMILES string of the molecule is CC(C)C(/C=C/c1ccccc1)O[Si](C)(C)C. The Morgan fingerprint density at radius 2 is 1.65 bits per heavy atom. The van der Waals surface area contributed by atoms with Crippen LogP contribution in [0, 0.1) is 5.92 Å². The topological polar surface area (TPSA) is 9.23 Å². The van der Waals surface area contributed by atoms with Crippen LogP contribution < -0.4 is 0 Å². The monoisotopic (exact) mass is 248 g/mol. The first-order chi connectivity index (χ1) is 7.88. The molecule has 1 atom stereocenters. The van der Waals surface area contributed by atoms with Gasteiger partial charge < -0.3 is 4.43 Å². The van der Waals surface area contributed by atoms with E-state index in [1.807, 2.05) is 6.07 Å². The van der Waals surface area contributed by atoms with Crippen LogP contribution in [0.4, 0.5) is 0 Å². The highest BCUT2D eigenvalue weighted by atomic mass is 28.4. The van der Waals surface area contributed by atoms with E-state index in [0.29, 0.717) is 5.92 Å². The molecule has 1 nitrogen and oxygen atoms in total. The standard InChI is InChI=1S/C15H24OSi/c1-13(2)15(16-17(3,4)5)12-11-14-9-7-6-8-10-14/h6-13,15H,1-5H3/b12-11+. The summed E-state index contributed by atoms with van der Waals surface area (Å²) in [6, 6.07) is 10.4. The summed E-state index contributed by atoms with van der Waals surface area (Å²) in [5.74, 6) is 0.515. The molecule has 0 aromatic heterocycles. The molecule has 0 saturated carbocycles. The van der Waals surface area contributed by atoms with Gasteiger partial charge in [0.15, 0.2) is 8.32 Å². The molecule has 17 heavy (non-hydrogen) atoms. The molecular formula is C15H24OSi. The number of hydrogen-bond acceptors (Lipinski definition) is 1. The average molecular weight is 248 g/mol. The third-order valence-corrected chi connectivity index (χ3v) is 3.40. The molecule has 1 unspecified atom stereocenters. The van der Waals surface area contributed by atoms with Gasteiger partial charge in [-0.25, -0.2) is 0 Å². The first kappa shape index (κ1) is 14.2. The van der Waals surface area contributed by atoms with Crippen molar-refractivity contribution >= 4 is 14.4 Å². The minimum Gasteiger partial charge on any atom is -0.411 e. The zero-order valence-corrected chi connectivity index (χ0v) is 12.6. The molecule has 0 saturated heterocycles. The van der Waals surface area contributed by atoms with E-state index in [4.69, 9.17) is 4.43 Å². The number of benzene rings is 1. The second kappa shape index (κ2) is 6.17. The van der Waals surface area contributed by atoms with E-state index in [1.165, 1.54) is 5.56 Å². The van der Waals surface area contributed by atoms with Crippen LogP contribution in [-0.2, 0) is 4.43 Å². The molecule has 2 heteroatoms. The predicted octanol–water partition coefficient (Wildman–Crippen LogP) is 4.58. The summed E-state index contributed by atoms with van der Waals surface area (Å²) in [6.07, 6.45) is 4.57. The molecule has 0 heterocycles. The summed E-state index contributed by atoms with van der Waals surface area (Å²) < 4.78 is 6.17. The summed E-state index contributed by atoms with van der Waals surface area (Å²) in [6.45, 7) is 11.1. The quantitative estimate of drug-likeness (QED) is 0.693. The highest BCUT2D eigenvalue weighted by molar-refractivity contribution is 6.69. The summed E-state index contributed by atoms with van der Waals surface area (Å²) in [4.78, 5) is 0.